The lowest BCUT2D eigenvalue weighted by atomic mass is 10.0. The van der Waals surface area contributed by atoms with Crippen LogP contribution in [0.5, 0.6) is 5.75 Å². The number of hydrogen-bond acceptors (Lipinski definition) is 3. The molecule has 0 spiro atoms. The fourth-order valence-corrected chi connectivity index (χ4v) is 2.48. The fraction of sp³-hybridized carbons (Fsp3) is 0.333. The number of nitrogens with zero attached hydrogens (tertiary/aromatic N) is 2. The molecule has 0 radical (unpaired) electrons. The molecule has 1 aliphatic heterocycles. The number of amides is 1. The number of carbonyl (C=O) groups is 1. The van der Waals surface area contributed by atoms with Gasteiger partial charge in [0.25, 0.3) is 6.43 Å². The first-order valence-corrected chi connectivity index (χ1v) is 6.99. The molecular formula is C15H13ClF2N2O2. The molecule has 0 aliphatic carbocycles. The maximum atomic E-state index is 12.7. The van der Waals surface area contributed by atoms with E-state index in [2.05, 4.69) is 0 Å². The molecule has 1 heterocycles. The number of halogens is 3. The van der Waals surface area contributed by atoms with Gasteiger partial charge in [-0.25, -0.2) is 8.78 Å². The number of ether oxygens (including phenoxy) is 1. The Kier molecular flexibility index (Phi) is 5.34. The summed E-state index contributed by atoms with van der Waals surface area (Å²) in [5, 5.41) is 8.74. The summed E-state index contributed by atoms with van der Waals surface area (Å²) >= 11 is 6.16. The number of carbonyl (C=O) groups excluding carboxylic acids is 1. The summed E-state index contributed by atoms with van der Waals surface area (Å²) in [6.07, 6.45) is -0.211. The summed E-state index contributed by atoms with van der Waals surface area (Å²) in [6, 6.07) is 6.51. The standard InChI is InChI=1S/C15H13ClF2N2O2/c16-12-8-10(22-7-6-19)4-5-11(12)13-2-1-3-15(21)20(13)9-14(17)18/h2,4-5,8,14H,1,3,7,9H2. The Morgan fingerprint density at radius 1 is 1.45 bits per heavy atom. The first kappa shape index (κ1) is 16.2. The van der Waals surface area contributed by atoms with Crippen molar-refractivity contribution in [3.63, 3.8) is 0 Å². The van der Waals surface area contributed by atoms with E-state index < -0.39 is 13.0 Å². The van der Waals surface area contributed by atoms with Gasteiger partial charge in [-0.3, -0.25) is 4.79 Å². The minimum absolute atomic E-state index is 0.117. The number of nitriles is 1. The second-order valence-electron chi connectivity index (χ2n) is 4.61. The molecule has 1 aliphatic rings. The highest BCUT2D eigenvalue weighted by atomic mass is 35.5. The van der Waals surface area contributed by atoms with Crippen LogP contribution in [0.2, 0.25) is 5.02 Å². The monoisotopic (exact) mass is 326 g/mol. The van der Waals surface area contributed by atoms with E-state index in [-0.39, 0.29) is 24.0 Å². The Morgan fingerprint density at radius 3 is 2.86 bits per heavy atom. The van der Waals surface area contributed by atoms with Crippen LogP contribution in [0.4, 0.5) is 8.78 Å². The molecule has 22 heavy (non-hydrogen) atoms. The molecule has 1 aromatic carbocycles. The molecule has 1 aromatic rings. The average molecular weight is 327 g/mol. The highest BCUT2D eigenvalue weighted by Gasteiger charge is 2.26. The maximum absolute atomic E-state index is 12.7. The minimum Gasteiger partial charge on any atom is -0.479 e. The summed E-state index contributed by atoms with van der Waals surface area (Å²) < 4.78 is 30.5. The van der Waals surface area contributed by atoms with Gasteiger partial charge >= 0.3 is 0 Å². The lowest BCUT2D eigenvalue weighted by Crippen LogP contribution is -2.35. The van der Waals surface area contributed by atoms with Crippen LogP contribution in [0.1, 0.15) is 18.4 Å². The van der Waals surface area contributed by atoms with Crippen LogP contribution in [0.3, 0.4) is 0 Å². The van der Waals surface area contributed by atoms with Crippen molar-refractivity contribution in [2.75, 3.05) is 13.2 Å². The zero-order valence-electron chi connectivity index (χ0n) is 11.6. The molecule has 7 heteroatoms. The number of benzene rings is 1. The maximum Gasteiger partial charge on any atom is 0.256 e. The molecule has 1 amide bonds. The van der Waals surface area contributed by atoms with Gasteiger partial charge < -0.3 is 9.64 Å². The summed E-state index contributed by atoms with van der Waals surface area (Å²) in [5.41, 5.74) is 0.869. The Balaban J connectivity index is 2.30. The van der Waals surface area contributed by atoms with E-state index in [1.807, 2.05) is 6.07 Å². The van der Waals surface area contributed by atoms with Gasteiger partial charge in [0.1, 0.15) is 11.8 Å². The van der Waals surface area contributed by atoms with E-state index in [0.717, 1.165) is 4.90 Å². The third-order valence-corrected chi connectivity index (χ3v) is 3.44. The normalized spacial score (nSPS) is 14.8. The molecular weight excluding hydrogens is 314 g/mol. The van der Waals surface area contributed by atoms with Crippen molar-refractivity contribution < 1.29 is 18.3 Å². The topological polar surface area (TPSA) is 53.3 Å². The third kappa shape index (κ3) is 3.74. The number of allylic oxidation sites excluding steroid dienone is 1. The molecule has 116 valence electrons. The van der Waals surface area contributed by atoms with Crippen LogP contribution in [0, 0.1) is 11.3 Å². The Bertz CT molecular complexity index is 641. The summed E-state index contributed by atoms with van der Waals surface area (Å²) in [4.78, 5) is 12.9. The predicted molar refractivity (Wildman–Crippen MR) is 77.5 cm³/mol. The van der Waals surface area contributed by atoms with Crippen LogP contribution in [0.15, 0.2) is 24.3 Å². The van der Waals surface area contributed by atoms with E-state index >= 15 is 0 Å². The van der Waals surface area contributed by atoms with Gasteiger partial charge in [-0.1, -0.05) is 17.7 Å². The van der Waals surface area contributed by atoms with E-state index in [1.54, 1.807) is 18.2 Å². The summed E-state index contributed by atoms with van der Waals surface area (Å²) in [7, 11) is 0. The number of rotatable bonds is 5. The molecule has 4 nitrogen and oxygen atoms in total. The van der Waals surface area contributed by atoms with Gasteiger partial charge in [0.15, 0.2) is 6.61 Å². The molecule has 0 saturated heterocycles. The Hall–Kier alpha value is -2.13. The Morgan fingerprint density at radius 2 is 2.23 bits per heavy atom. The van der Waals surface area contributed by atoms with Crippen molar-refractivity contribution in [2.45, 2.75) is 19.3 Å². The van der Waals surface area contributed by atoms with Gasteiger partial charge in [0, 0.05) is 17.7 Å². The van der Waals surface area contributed by atoms with Crippen molar-refractivity contribution in [3.05, 3.63) is 34.9 Å². The van der Waals surface area contributed by atoms with Crippen molar-refractivity contribution in [2.24, 2.45) is 0 Å². The second kappa shape index (κ2) is 7.23. The molecule has 0 N–H and O–H groups in total. The SMILES string of the molecule is N#CCOc1ccc(C2=CCCC(=O)N2CC(F)F)c(Cl)c1. The van der Waals surface area contributed by atoms with Gasteiger partial charge in [-0.05, 0) is 24.6 Å². The first-order chi connectivity index (χ1) is 10.5. The zero-order valence-corrected chi connectivity index (χ0v) is 12.3. The molecule has 0 fully saturated rings. The predicted octanol–water partition coefficient (Wildman–Crippen LogP) is 3.47. The summed E-state index contributed by atoms with van der Waals surface area (Å²) in [5.74, 6) is 0.0529. The van der Waals surface area contributed by atoms with Crippen LogP contribution in [-0.4, -0.2) is 30.4 Å². The molecule has 0 saturated carbocycles. The number of hydrogen-bond donors (Lipinski definition) is 0. The third-order valence-electron chi connectivity index (χ3n) is 3.13. The van der Waals surface area contributed by atoms with Gasteiger partial charge in [0.05, 0.1) is 11.6 Å². The number of alkyl halides is 2. The van der Waals surface area contributed by atoms with E-state index in [0.29, 0.717) is 23.4 Å². The van der Waals surface area contributed by atoms with Crippen LogP contribution in [-0.2, 0) is 4.79 Å². The molecule has 0 aromatic heterocycles. The largest absolute Gasteiger partial charge is 0.479 e. The van der Waals surface area contributed by atoms with E-state index in [4.69, 9.17) is 21.6 Å². The second-order valence-corrected chi connectivity index (χ2v) is 5.02. The Labute approximate surface area is 131 Å². The van der Waals surface area contributed by atoms with Gasteiger partial charge in [0.2, 0.25) is 5.91 Å². The molecule has 0 bridgehead atoms. The quantitative estimate of drug-likeness (QED) is 0.832. The lowest BCUT2D eigenvalue weighted by Gasteiger charge is -2.29. The first-order valence-electron chi connectivity index (χ1n) is 6.61. The highest BCUT2D eigenvalue weighted by Crippen LogP contribution is 2.33. The van der Waals surface area contributed by atoms with Gasteiger partial charge in [-0.2, -0.15) is 5.26 Å². The van der Waals surface area contributed by atoms with Crippen LogP contribution in [0.25, 0.3) is 5.70 Å². The average Bonchev–Trinajstić information content (AvgIpc) is 2.47. The van der Waals surface area contributed by atoms with Crippen molar-refractivity contribution in [1.82, 2.24) is 4.90 Å². The highest BCUT2D eigenvalue weighted by molar-refractivity contribution is 6.32. The van der Waals surface area contributed by atoms with E-state index in [1.165, 1.54) is 6.07 Å². The molecule has 0 unspecified atom stereocenters. The van der Waals surface area contributed by atoms with Gasteiger partial charge in [-0.15, -0.1) is 0 Å². The molecule has 2 rings (SSSR count). The van der Waals surface area contributed by atoms with Crippen molar-refractivity contribution in [1.29, 1.82) is 5.26 Å². The van der Waals surface area contributed by atoms with E-state index in [9.17, 15) is 13.6 Å². The zero-order chi connectivity index (χ0) is 16.1. The minimum atomic E-state index is -2.62. The van der Waals surface area contributed by atoms with Crippen LogP contribution >= 0.6 is 11.6 Å². The van der Waals surface area contributed by atoms with Crippen molar-refractivity contribution >= 4 is 23.2 Å². The summed E-state index contributed by atoms with van der Waals surface area (Å²) in [6.45, 7) is -0.776. The molecule has 0 atom stereocenters. The smallest absolute Gasteiger partial charge is 0.256 e. The van der Waals surface area contributed by atoms with Crippen molar-refractivity contribution in [3.8, 4) is 11.8 Å². The fourth-order valence-electron chi connectivity index (χ4n) is 2.21. The lowest BCUT2D eigenvalue weighted by molar-refractivity contribution is -0.129. The van der Waals surface area contributed by atoms with Crippen LogP contribution < -0.4 is 4.74 Å².